The summed E-state index contributed by atoms with van der Waals surface area (Å²) < 4.78 is 18.0. The highest BCUT2D eigenvalue weighted by atomic mass is 19.1. The molecule has 1 rings (SSSR count). The standard InChI is InChI=1S/C12H13FO2/c1-9(2)15-12(14)8-7-10-5-3-4-6-11(10)13/h3-9H,1-2H3. The largest absolute Gasteiger partial charge is 0.460 e. The van der Waals surface area contributed by atoms with E-state index in [0.717, 1.165) is 0 Å². The van der Waals surface area contributed by atoms with E-state index in [1.165, 1.54) is 18.2 Å². The predicted molar refractivity (Wildman–Crippen MR) is 56.7 cm³/mol. The number of carbonyl (C=O) groups is 1. The van der Waals surface area contributed by atoms with E-state index < -0.39 is 5.97 Å². The average molecular weight is 208 g/mol. The van der Waals surface area contributed by atoms with E-state index in [1.807, 2.05) is 0 Å². The third kappa shape index (κ3) is 3.94. The first kappa shape index (κ1) is 11.4. The van der Waals surface area contributed by atoms with E-state index in [2.05, 4.69) is 0 Å². The number of ether oxygens (including phenoxy) is 1. The molecular formula is C12H13FO2. The first-order valence-electron chi connectivity index (χ1n) is 4.73. The Balaban J connectivity index is 2.66. The van der Waals surface area contributed by atoms with E-state index in [0.29, 0.717) is 5.56 Å². The van der Waals surface area contributed by atoms with E-state index >= 15 is 0 Å². The van der Waals surface area contributed by atoms with Gasteiger partial charge in [-0.15, -0.1) is 0 Å². The number of halogens is 1. The van der Waals surface area contributed by atoms with Gasteiger partial charge in [-0.25, -0.2) is 9.18 Å². The molecule has 0 bridgehead atoms. The minimum atomic E-state index is -0.465. The second-order valence-electron chi connectivity index (χ2n) is 3.34. The molecule has 0 fully saturated rings. The number of hydrogen-bond acceptors (Lipinski definition) is 2. The Kier molecular flexibility index (Phi) is 4.03. The zero-order chi connectivity index (χ0) is 11.3. The maximum Gasteiger partial charge on any atom is 0.331 e. The van der Waals surface area contributed by atoms with Crippen molar-refractivity contribution >= 4 is 12.0 Å². The van der Waals surface area contributed by atoms with Crippen molar-refractivity contribution in [2.24, 2.45) is 0 Å². The zero-order valence-corrected chi connectivity index (χ0v) is 8.74. The maximum absolute atomic E-state index is 13.1. The Morgan fingerprint density at radius 2 is 2.07 bits per heavy atom. The smallest absolute Gasteiger partial charge is 0.331 e. The van der Waals surface area contributed by atoms with Gasteiger partial charge < -0.3 is 4.74 Å². The fourth-order valence-corrected chi connectivity index (χ4v) is 1.04. The Morgan fingerprint density at radius 3 is 2.67 bits per heavy atom. The summed E-state index contributed by atoms with van der Waals surface area (Å²) in [4.78, 5) is 11.1. The molecule has 0 aliphatic rings. The van der Waals surface area contributed by atoms with Crippen LogP contribution in [0.1, 0.15) is 19.4 Å². The molecule has 0 spiro atoms. The summed E-state index contributed by atoms with van der Waals surface area (Å²) >= 11 is 0. The monoisotopic (exact) mass is 208 g/mol. The number of benzene rings is 1. The van der Waals surface area contributed by atoms with Crippen LogP contribution in [0.2, 0.25) is 0 Å². The van der Waals surface area contributed by atoms with Crippen LogP contribution in [0, 0.1) is 5.82 Å². The van der Waals surface area contributed by atoms with Gasteiger partial charge in [-0.3, -0.25) is 0 Å². The van der Waals surface area contributed by atoms with Crippen LogP contribution < -0.4 is 0 Å². The molecule has 80 valence electrons. The van der Waals surface area contributed by atoms with Gasteiger partial charge in [0.05, 0.1) is 6.10 Å². The lowest BCUT2D eigenvalue weighted by molar-refractivity contribution is -0.141. The van der Waals surface area contributed by atoms with Gasteiger partial charge in [0.1, 0.15) is 5.82 Å². The molecule has 0 heterocycles. The molecule has 0 aromatic heterocycles. The van der Waals surface area contributed by atoms with Crippen LogP contribution in [0.4, 0.5) is 4.39 Å². The fraction of sp³-hybridized carbons (Fsp3) is 0.250. The first-order chi connectivity index (χ1) is 7.09. The van der Waals surface area contributed by atoms with E-state index in [9.17, 15) is 9.18 Å². The molecule has 0 saturated heterocycles. The predicted octanol–water partition coefficient (Wildman–Crippen LogP) is 2.79. The van der Waals surface area contributed by atoms with Crippen molar-refractivity contribution in [2.45, 2.75) is 20.0 Å². The number of carbonyl (C=O) groups excluding carboxylic acids is 1. The van der Waals surface area contributed by atoms with Crippen LogP contribution in [-0.2, 0) is 9.53 Å². The van der Waals surface area contributed by atoms with Crippen LogP contribution in [-0.4, -0.2) is 12.1 Å². The van der Waals surface area contributed by atoms with Crippen LogP contribution in [0.5, 0.6) is 0 Å². The lowest BCUT2D eigenvalue weighted by atomic mass is 10.2. The van der Waals surface area contributed by atoms with Gasteiger partial charge in [0.2, 0.25) is 0 Å². The first-order valence-corrected chi connectivity index (χ1v) is 4.73. The van der Waals surface area contributed by atoms with Gasteiger partial charge >= 0.3 is 5.97 Å². The second-order valence-corrected chi connectivity index (χ2v) is 3.34. The van der Waals surface area contributed by atoms with E-state index in [-0.39, 0.29) is 11.9 Å². The molecule has 0 unspecified atom stereocenters. The molecule has 0 atom stereocenters. The molecule has 0 amide bonds. The van der Waals surface area contributed by atoms with Gasteiger partial charge in [0.25, 0.3) is 0 Å². The molecule has 1 aromatic rings. The quantitative estimate of drug-likeness (QED) is 0.564. The molecule has 3 heteroatoms. The van der Waals surface area contributed by atoms with Gasteiger partial charge in [-0.1, -0.05) is 18.2 Å². The van der Waals surface area contributed by atoms with Crippen molar-refractivity contribution in [1.29, 1.82) is 0 Å². The second kappa shape index (κ2) is 5.29. The van der Waals surface area contributed by atoms with Crippen molar-refractivity contribution in [3.8, 4) is 0 Å². The number of hydrogen-bond donors (Lipinski definition) is 0. The highest BCUT2D eigenvalue weighted by Crippen LogP contribution is 2.08. The summed E-state index contributed by atoms with van der Waals surface area (Å²) in [5.41, 5.74) is 0.373. The molecule has 0 aliphatic carbocycles. The van der Waals surface area contributed by atoms with Crippen molar-refractivity contribution in [2.75, 3.05) is 0 Å². The highest BCUT2D eigenvalue weighted by Gasteiger charge is 2.01. The Morgan fingerprint density at radius 1 is 1.40 bits per heavy atom. The normalized spacial score (nSPS) is 10.9. The average Bonchev–Trinajstić information content (AvgIpc) is 2.15. The summed E-state index contributed by atoms with van der Waals surface area (Å²) in [5.74, 6) is -0.820. The molecule has 0 N–H and O–H groups in total. The zero-order valence-electron chi connectivity index (χ0n) is 8.74. The highest BCUT2D eigenvalue weighted by molar-refractivity contribution is 5.87. The van der Waals surface area contributed by atoms with E-state index in [4.69, 9.17) is 4.74 Å². The molecule has 2 nitrogen and oxygen atoms in total. The maximum atomic E-state index is 13.1. The molecule has 0 radical (unpaired) electrons. The summed E-state index contributed by atoms with van der Waals surface area (Å²) in [6.07, 6.45) is 2.46. The molecule has 0 saturated carbocycles. The molecular weight excluding hydrogens is 195 g/mol. The van der Waals surface area contributed by atoms with Crippen molar-refractivity contribution in [1.82, 2.24) is 0 Å². The summed E-state index contributed by atoms with van der Waals surface area (Å²) in [6.45, 7) is 3.52. The van der Waals surface area contributed by atoms with E-state index in [1.54, 1.807) is 32.0 Å². The molecule has 0 aliphatic heterocycles. The van der Waals surface area contributed by atoms with Crippen LogP contribution in [0.15, 0.2) is 30.3 Å². The van der Waals surface area contributed by atoms with Crippen LogP contribution >= 0.6 is 0 Å². The number of rotatable bonds is 3. The number of esters is 1. The lowest BCUT2D eigenvalue weighted by Gasteiger charge is -2.03. The lowest BCUT2D eigenvalue weighted by Crippen LogP contribution is -2.08. The SMILES string of the molecule is CC(C)OC(=O)C=Cc1ccccc1F. The minimum Gasteiger partial charge on any atom is -0.460 e. The Hall–Kier alpha value is -1.64. The van der Waals surface area contributed by atoms with Crippen molar-refractivity contribution in [3.05, 3.63) is 41.7 Å². The third-order valence-corrected chi connectivity index (χ3v) is 1.66. The fourth-order valence-electron chi connectivity index (χ4n) is 1.04. The van der Waals surface area contributed by atoms with Gasteiger partial charge in [-0.2, -0.15) is 0 Å². The Labute approximate surface area is 88.4 Å². The van der Waals surface area contributed by atoms with Gasteiger partial charge in [-0.05, 0) is 26.0 Å². The summed E-state index contributed by atoms with van der Waals surface area (Å²) in [7, 11) is 0. The third-order valence-electron chi connectivity index (χ3n) is 1.66. The van der Waals surface area contributed by atoms with Crippen molar-refractivity contribution in [3.63, 3.8) is 0 Å². The van der Waals surface area contributed by atoms with Crippen LogP contribution in [0.25, 0.3) is 6.08 Å². The summed E-state index contributed by atoms with van der Waals surface area (Å²) in [6, 6.07) is 6.23. The van der Waals surface area contributed by atoms with Gasteiger partial charge in [0.15, 0.2) is 0 Å². The van der Waals surface area contributed by atoms with Crippen LogP contribution in [0.3, 0.4) is 0 Å². The van der Waals surface area contributed by atoms with Gasteiger partial charge in [0, 0.05) is 11.6 Å². The summed E-state index contributed by atoms with van der Waals surface area (Å²) in [5, 5.41) is 0. The minimum absolute atomic E-state index is 0.164. The Bertz CT molecular complexity index is 370. The topological polar surface area (TPSA) is 26.3 Å². The molecule has 1 aromatic carbocycles. The van der Waals surface area contributed by atoms with Crippen molar-refractivity contribution < 1.29 is 13.9 Å². The molecule has 15 heavy (non-hydrogen) atoms.